The Morgan fingerprint density at radius 2 is 1.00 bits per heavy atom. The topological polar surface area (TPSA) is 0 Å². The Balaban J connectivity index is 0. The Hall–Kier alpha value is 2.07. The summed E-state index contributed by atoms with van der Waals surface area (Å²) >= 11 is 0. The average molecular weight is 262 g/mol. The van der Waals surface area contributed by atoms with Gasteiger partial charge in [0.15, 0.2) is 0 Å². The van der Waals surface area contributed by atoms with Crippen LogP contribution < -0.4 is 0 Å². The fourth-order valence-corrected chi connectivity index (χ4v) is 0. The van der Waals surface area contributed by atoms with E-state index in [9.17, 15) is 0 Å². The third kappa shape index (κ3) is 8.95. The van der Waals surface area contributed by atoms with Crippen molar-refractivity contribution in [3.63, 3.8) is 0 Å². The molecule has 0 aliphatic carbocycles. The van der Waals surface area contributed by atoms with Crippen LogP contribution in [0.3, 0.4) is 0 Å². The van der Waals surface area contributed by atoms with Gasteiger partial charge in [0.2, 0.25) is 0 Å². The first-order chi connectivity index (χ1) is 0. The maximum atomic E-state index is 0. The second-order valence-electron chi connectivity index (χ2n) is 0. The molecule has 0 N–H and O–H groups in total. The zero-order chi connectivity index (χ0) is 0. The summed E-state index contributed by atoms with van der Waals surface area (Å²) in [5, 5.41) is 0. The maximum absolute atomic E-state index is 0. The molecule has 0 saturated carbocycles. The Morgan fingerprint density at radius 3 is 1.00 bits per heavy atom. The molecule has 0 aromatic heterocycles. The van der Waals surface area contributed by atoms with Gasteiger partial charge in [-0.05, 0) is 0 Å². The average Bonchev–Trinajstić information content (AvgIpc) is 0. The Labute approximate surface area is 68.7 Å². The summed E-state index contributed by atoms with van der Waals surface area (Å²) in [4.78, 5) is 0. The van der Waals surface area contributed by atoms with Gasteiger partial charge in [0.25, 0.3) is 0 Å². The second-order valence-corrected chi connectivity index (χ2v) is 0. The van der Waals surface area contributed by atoms with E-state index in [2.05, 4.69) is 0 Å². The van der Waals surface area contributed by atoms with Gasteiger partial charge in [-0.1, -0.05) is 0 Å². The van der Waals surface area contributed by atoms with Gasteiger partial charge >= 0.3 is 0 Å². The first kappa shape index (κ1) is 36.5. The molecule has 0 amide bonds. The summed E-state index contributed by atoms with van der Waals surface area (Å²) in [6.07, 6.45) is 0. The van der Waals surface area contributed by atoms with Crippen LogP contribution in [0.4, 0.5) is 0 Å². The van der Waals surface area contributed by atoms with Crippen molar-refractivity contribution in [3.05, 3.63) is 0 Å². The molecule has 0 nitrogen and oxygen atoms in total. The van der Waals surface area contributed by atoms with Gasteiger partial charge in [-0.15, -0.1) is 0 Å². The first-order valence-corrected chi connectivity index (χ1v) is 0. The van der Waals surface area contributed by atoms with E-state index in [-0.39, 0.29) is 69.3 Å². The van der Waals surface area contributed by atoms with E-state index in [4.69, 9.17) is 0 Å². The molecule has 4 heteroatoms. The molecule has 25 valence electrons. The van der Waals surface area contributed by atoms with Crippen molar-refractivity contribution in [2.75, 3.05) is 0 Å². The van der Waals surface area contributed by atoms with Crippen LogP contribution in [-0.2, 0) is 34.4 Å². The van der Waals surface area contributed by atoms with Gasteiger partial charge < -0.3 is 0 Å². The standard InChI is InChI=1S/Cr.Cu.Si.Sn. The molecule has 0 fully saturated rings. The summed E-state index contributed by atoms with van der Waals surface area (Å²) in [5.74, 6) is 0. The summed E-state index contributed by atoms with van der Waals surface area (Å²) in [7, 11) is 0. The molecule has 0 aliphatic heterocycles. The molecule has 0 saturated heterocycles. The predicted molar refractivity (Wildman–Crippen MR) is 11.5 cm³/mol. The maximum Gasteiger partial charge on any atom is 0 e. The SMILES string of the molecule is [Cr].[Cu].[Si].[Sn]. The molecule has 0 atom stereocenters. The number of rotatable bonds is 0. The molecular weight excluding hydrogens is 262 g/mol. The Morgan fingerprint density at radius 1 is 1.00 bits per heavy atom. The van der Waals surface area contributed by atoms with Crippen LogP contribution in [0.1, 0.15) is 0 Å². The summed E-state index contributed by atoms with van der Waals surface area (Å²) in [6.45, 7) is 0. The van der Waals surface area contributed by atoms with Crippen LogP contribution in [0, 0.1) is 0 Å². The summed E-state index contributed by atoms with van der Waals surface area (Å²) < 4.78 is 0. The van der Waals surface area contributed by atoms with Crippen molar-refractivity contribution >= 4 is 34.9 Å². The van der Waals surface area contributed by atoms with Gasteiger partial charge in [0, 0.05) is 69.3 Å². The van der Waals surface area contributed by atoms with Crippen molar-refractivity contribution in [2.24, 2.45) is 0 Å². The molecule has 0 aromatic rings. The number of hydrogen-bond acceptors (Lipinski definition) is 0. The van der Waals surface area contributed by atoms with Crippen LogP contribution in [0.5, 0.6) is 0 Å². The number of hydrogen-bond donors (Lipinski definition) is 0. The van der Waals surface area contributed by atoms with Crippen LogP contribution in [0.15, 0.2) is 0 Å². The molecular formula is CrCuSiSn. The minimum Gasteiger partial charge on any atom is 0 e. The molecule has 0 aliphatic rings. The molecule has 4 heavy (non-hydrogen) atoms. The van der Waals surface area contributed by atoms with Crippen molar-refractivity contribution in [1.82, 2.24) is 0 Å². The fraction of sp³-hybridized carbons (Fsp3) is 0. The molecule has 9 radical (unpaired) electrons. The predicted octanol–water partition coefficient (Wildman–Crippen LogP) is -0.767. The smallest absolute Gasteiger partial charge is 0 e. The van der Waals surface area contributed by atoms with Crippen molar-refractivity contribution in [2.45, 2.75) is 0 Å². The van der Waals surface area contributed by atoms with Crippen LogP contribution in [0.2, 0.25) is 0 Å². The van der Waals surface area contributed by atoms with E-state index in [1.165, 1.54) is 0 Å². The Bertz CT molecular complexity index is 8.00. The van der Waals surface area contributed by atoms with E-state index in [1.807, 2.05) is 0 Å². The molecule has 0 heterocycles. The molecule has 0 aromatic carbocycles. The van der Waals surface area contributed by atoms with Crippen molar-refractivity contribution in [3.8, 4) is 0 Å². The molecule has 0 spiro atoms. The van der Waals surface area contributed by atoms with Crippen molar-refractivity contribution < 1.29 is 34.4 Å². The zero-order valence-electron chi connectivity index (χ0n) is 1.71. The van der Waals surface area contributed by atoms with Gasteiger partial charge in [-0.3, -0.25) is 0 Å². The van der Waals surface area contributed by atoms with E-state index < -0.39 is 0 Å². The van der Waals surface area contributed by atoms with Gasteiger partial charge in [-0.25, -0.2) is 0 Å². The van der Waals surface area contributed by atoms with Gasteiger partial charge in [0.05, 0.1) is 0 Å². The normalized spacial score (nSPS) is 0. The largest absolute Gasteiger partial charge is 0 e. The van der Waals surface area contributed by atoms with E-state index >= 15 is 0 Å². The molecule has 0 unspecified atom stereocenters. The van der Waals surface area contributed by atoms with Crippen molar-refractivity contribution in [1.29, 1.82) is 0 Å². The van der Waals surface area contributed by atoms with Gasteiger partial charge in [0.1, 0.15) is 0 Å². The third-order valence-corrected chi connectivity index (χ3v) is 0. The molecule has 0 rings (SSSR count). The summed E-state index contributed by atoms with van der Waals surface area (Å²) in [6, 6.07) is 0. The first-order valence-electron chi connectivity index (χ1n) is 0. The Kier molecular flexibility index (Phi) is 179. The zero-order valence-corrected chi connectivity index (χ0v) is 7.78. The quantitative estimate of drug-likeness (QED) is 0.503. The van der Waals surface area contributed by atoms with E-state index in [0.29, 0.717) is 0 Å². The molecule has 0 bridgehead atoms. The summed E-state index contributed by atoms with van der Waals surface area (Å²) in [5.41, 5.74) is 0. The van der Waals surface area contributed by atoms with E-state index in [1.54, 1.807) is 0 Å². The van der Waals surface area contributed by atoms with Crippen LogP contribution in [0.25, 0.3) is 0 Å². The minimum absolute atomic E-state index is 0. The van der Waals surface area contributed by atoms with Gasteiger partial charge in [-0.2, -0.15) is 0 Å². The minimum atomic E-state index is 0. The fourth-order valence-electron chi connectivity index (χ4n) is 0. The van der Waals surface area contributed by atoms with Crippen LogP contribution >= 0.6 is 0 Å². The monoisotopic (exact) mass is 263 g/mol. The van der Waals surface area contributed by atoms with E-state index in [0.717, 1.165) is 0 Å². The third-order valence-electron chi connectivity index (χ3n) is 0. The second kappa shape index (κ2) is 19.6. The van der Waals surface area contributed by atoms with Crippen LogP contribution in [-0.4, -0.2) is 34.9 Å².